The predicted octanol–water partition coefficient (Wildman–Crippen LogP) is 1.33. The second-order valence-electron chi connectivity index (χ2n) is 4.25. The average molecular weight is 307 g/mol. The second-order valence-corrected chi connectivity index (χ2v) is 4.25. The van der Waals surface area contributed by atoms with Gasteiger partial charge in [-0.3, -0.25) is 10.2 Å². The average Bonchev–Trinajstić information content (AvgIpc) is 2.42. The van der Waals surface area contributed by atoms with E-state index in [-0.39, 0.29) is 30.0 Å². The Labute approximate surface area is 127 Å². The maximum Gasteiger partial charge on any atom is 0.257 e. The molecule has 7 nitrogen and oxygen atoms in total. The van der Waals surface area contributed by atoms with Crippen molar-refractivity contribution in [1.29, 1.82) is 5.41 Å². The first-order valence-corrected chi connectivity index (χ1v) is 5.81. The summed E-state index contributed by atoms with van der Waals surface area (Å²) in [5.41, 5.74) is 13.1. The summed E-state index contributed by atoms with van der Waals surface area (Å²) in [6.45, 7) is 1.88. The fourth-order valence-electron chi connectivity index (χ4n) is 1.60. The minimum absolute atomic E-state index is 0. The molecule has 0 atom stereocenters. The molecule has 110 valence electrons. The number of nitrogens with two attached hydrogens (primary N) is 2. The van der Waals surface area contributed by atoms with Crippen LogP contribution in [-0.4, -0.2) is 21.7 Å². The van der Waals surface area contributed by atoms with Gasteiger partial charge >= 0.3 is 0 Å². The van der Waals surface area contributed by atoms with Gasteiger partial charge in [0.15, 0.2) is 11.7 Å². The number of nitrogens with zero attached hydrogens (tertiary/aromatic N) is 2. The van der Waals surface area contributed by atoms with Gasteiger partial charge < -0.3 is 16.8 Å². The SMILES string of the molecule is Cc1ccc(N)c(C(=O)Nc2cnc(C(=N)N)nc2)c1.Cl. The highest BCUT2D eigenvalue weighted by molar-refractivity contribution is 6.07. The fourth-order valence-corrected chi connectivity index (χ4v) is 1.60. The molecular formula is C13H15ClN6O. The summed E-state index contributed by atoms with van der Waals surface area (Å²) in [6.07, 6.45) is 2.77. The smallest absolute Gasteiger partial charge is 0.257 e. The number of carbonyl (C=O) groups excluding carboxylic acids is 1. The van der Waals surface area contributed by atoms with Crippen molar-refractivity contribution >= 4 is 35.5 Å². The number of halogens is 1. The van der Waals surface area contributed by atoms with Gasteiger partial charge in [0.2, 0.25) is 0 Å². The van der Waals surface area contributed by atoms with Crippen LogP contribution in [0, 0.1) is 12.3 Å². The van der Waals surface area contributed by atoms with Crippen molar-refractivity contribution < 1.29 is 4.79 Å². The lowest BCUT2D eigenvalue weighted by molar-refractivity contribution is 0.102. The van der Waals surface area contributed by atoms with Gasteiger partial charge in [0, 0.05) is 5.69 Å². The maximum atomic E-state index is 12.1. The Bertz CT molecular complexity index is 671. The number of hydrogen-bond donors (Lipinski definition) is 4. The molecular weight excluding hydrogens is 292 g/mol. The summed E-state index contributed by atoms with van der Waals surface area (Å²) < 4.78 is 0. The van der Waals surface area contributed by atoms with Crippen LogP contribution in [0.25, 0.3) is 0 Å². The van der Waals surface area contributed by atoms with Crippen molar-refractivity contribution in [1.82, 2.24) is 9.97 Å². The Kier molecular flexibility index (Phi) is 5.20. The Morgan fingerprint density at radius 2 is 1.90 bits per heavy atom. The summed E-state index contributed by atoms with van der Waals surface area (Å²) in [6, 6.07) is 5.21. The zero-order chi connectivity index (χ0) is 14.7. The van der Waals surface area contributed by atoms with Crippen molar-refractivity contribution in [2.75, 3.05) is 11.1 Å². The van der Waals surface area contributed by atoms with E-state index in [4.69, 9.17) is 16.9 Å². The predicted molar refractivity (Wildman–Crippen MR) is 83.8 cm³/mol. The third kappa shape index (κ3) is 3.90. The van der Waals surface area contributed by atoms with E-state index in [0.717, 1.165) is 5.56 Å². The Hall–Kier alpha value is -2.67. The van der Waals surface area contributed by atoms with E-state index < -0.39 is 0 Å². The highest BCUT2D eigenvalue weighted by Gasteiger charge is 2.11. The van der Waals surface area contributed by atoms with Crippen LogP contribution in [0.4, 0.5) is 11.4 Å². The Balaban J connectivity index is 0.00000220. The zero-order valence-electron chi connectivity index (χ0n) is 11.3. The summed E-state index contributed by atoms with van der Waals surface area (Å²) in [5, 5.41) is 9.82. The molecule has 0 bridgehead atoms. The maximum absolute atomic E-state index is 12.1. The quantitative estimate of drug-likeness (QED) is 0.386. The minimum Gasteiger partial charge on any atom is -0.398 e. The number of benzene rings is 1. The van der Waals surface area contributed by atoms with E-state index in [0.29, 0.717) is 16.9 Å². The van der Waals surface area contributed by atoms with E-state index in [1.165, 1.54) is 12.4 Å². The third-order valence-electron chi connectivity index (χ3n) is 2.60. The summed E-state index contributed by atoms with van der Waals surface area (Å²) in [7, 11) is 0. The van der Waals surface area contributed by atoms with Crippen molar-refractivity contribution in [2.24, 2.45) is 5.73 Å². The van der Waals surface area contributed by atoms with Crippen LogP contribution in [-0.2, 0) is 0 Å². The number of nitrogen functional groups attached to an aromatic ring is 2. The molecule has 0 aliphatic heterocycles. The number of amides is 1. The number of carbonyl (C=O) groups is 1. The highest BCUT2D eigenvalue weighted by Crippen LogP contribution is 2.15. The molecule has 0 unspecified atom stereocenters. The first kappa shape index (κ1) is 16.4. The molecule has 0 fully saturated rings. The van der Waals surface area contributed by atoms with Crippen LogP contribution in [0.1, 0.15) is 21.7 Å². The molecule has 0 saturated heterocycles. The molecule has 0 saturated carbocycles. The number of aryl methyl sites for hydroxylation is 1. The van der Waals surface area contributed by atoms with E-state index in [2.05, 4.69) is 15.3 Å². The van der Waals surface area contributed by atoms with Crippen molar-refractivity contribution in [2.45, 2.75) is 6.92 Å². The third-order valence-corrected chi connectivity index (χ3v) is 2.60. The molecule has 0 aliphatic carbocycles. The first-order valence-electron chi connectivity index (χ1n) is 5.81. The van der Waals surface area contributed by atoms with Crippen LogP contribution in [0.2, 0.25) is 0 Å². The van der Waals surface area contributed by atoms with Gasteiger partial charge in [0.25, 0.3) is 5.91 Å². The molecule has 0 aliphatic rings. The summed E-state index contributed by atoms with van der Waals surface area (Å²) >= 11 is 0. The number of aromatic nitrogens is 2. The van der Waals surface area contributed by atoms with Crippen molar-refractivity contribution in [3.05, 3.63) is 47.5 Å². The van der Waals surface area contributed by atoms with Crippen LogP contribution in [0.5, 0.6) is 0 Å². The number of nitrogens with one attached hydrogen (secondary N) is 2. The van der Waals surface area contributed by atoms with Gasteiger partial charge in [-0.15, -0.1) is 12.4 Å². The van der Waals surface area contributed by atoms with E-state index in [1.807, 2.05) is 13.0 Å². The lowest BCUT2D eigenvalue weighted by Gasteiger charge is -2.08. The van der Waals surface area contributed by atoms with Crippen LogP contribution in [0.15, 0.2) is 30.6 Å². The van der Waals surface area contributed by atoms with Crippen molar-refractivity contribution in [3.63, 3.8) is 0 Å². The van der Waals surface area contributed by atoms with Crippen molar-refractivity contribution in [3.8, 4) is 0 Å². The van der Waals surface area contributed by atoms with E-state index >= 15 is 0 Å². The topological polar surface area (TPSA) is 131 Å². The number of hydrogen-bond acceptors (Lipinski definition) is 5. The molecule has 8 heteroatoms. The molecule has 1 amide bonds. The first-order chi connectivity index (χ1) is 9.47. The van der Waals surface area contributed by atoms with Gasteiger partial charge in [-0.1, -0.05) is 11.6 Å². The molecule has 2 aromatic rings. The fraction of sp³-hybridized carbons (Fsp3) is 0.0769. The van der Waals surface area contributed by atoms with Gasteiger partial charge in [0.05, 0.1) is 23.6 Å². The molecule has 21 heavy (non-hydrogen) atoms. The normalized spacial score (nSPS) is 9.57. The molecule has 1 heterocycles. The minimum atomic E-state index is -0.342. The Morgan fingerprint density at radius 1 is 1.29 bits per heavy atom. The molecule has 6 N–H and O–H groups in total. The van der Waals surface area contributed by atoms with Gasteiger partial charge in [0.1, 0.15) is 0 Å². The molecule has 1 aromatic carbocycles. The molecule has 0 radical (unpaired) electrons. The number of amidine groups is 1. The standard InChI is InChI=1S/C13H14N6O.ClH/c1-7-2-3-10(14)9(4-7)13(20)19-8-5-17-12(11(15)16)18-6-8;/h2-6H,14H2,1H3,(H3,15,16)(H,19,20);1H. The summed E-state index contributed by atoms with van der Waals surface area (Å²) in [5.74, 6) is -0.464. The van der Waals surface area contributed by atoms with Gasteiger partial charge in [-0.05, 0) is 19.1 Å². The van der Waals surface area contributed by atoms with Crippen LogP contribution >= 0.6 is 12.4 Å². The summed E-state index contributed by atoms with van der Waals surface area (Å²) in [4.78, 5) is 19.8. The Morgan fingerprint density at radius 3 is 2.48 bits per heavy atom. The van der Waals surface area contributed by atoms with Gasteiger partial charge in [-0.25, -0.2) is 9.97 Å². The number of anilines is 2. The monoisotopic (exact) mass is 306 g/mol. The van der Waals surface area contributed by atoms with Crippen LogP contribution < -0.4 is 16.8 Å². The lowest BCUT2D eigenvalue weighted by Crippen LogP contribution is -2.17. The van der Waals surface area contributed by atoms with E-state index in [1.54, 1.807) is 12.1 Å². The molecule has 0 spiro atoms. The lowest BCUT2D eigenvalue weighted by atomic mass is 10.1. The van der Waals surface area contributed by atoms with E-state index in [9.17, 15) is 4.79 Å². The van der Waals surface area contributed by atoms with Gasteiger partial charge in [-0.2, -0.15) is 0 Å². The molecule has 2 rings (SSSR count). The zero-order valence-corrected chi connectivity index (χ0v) is 12.1. The van der Waals surface area contributed by atoms with Crippen LogP contribution in [0.3, 0.4) is 0 Å². The number of rotatable bonds is 3. The second kappa shape index (κ2) is 6.67. The largest absolute Gasteiger partial charge is 0.398 e. The highest BCUT2D eigenvalue weighted by atomic mass is 35.5. The molecule has 1 aromatic heterocycles.